The van der Waals surface area contributed by atoms with Crippen LogP contribution in [0, 0.1) is 0 Å². The molecule has 0 aliphatic rings. The van der Waals surface area contributed by atoms with Crippen LogP contribution in [-0.4, -0.2) is 0 Å². The molecule has 0 aliphatic heterocycles. The van der Waals surface area contributed by atoms with Gasteiger partial charge in [-0.25, -0.2) is 0 Å². The third-order valence-corrected chi connectivity index (χ3v) is 1.38. The van der Waals surface area contributed by atoms with Gasteiger partial charge in [-0.3, -0.25) is 0 Å². The lowest BCUT2D eigenvalue weighted by molar-refractivity contribution is 0.867. The summed E-state index contributed by atoms with van der Waals surface area (Å²) in [6, 6.07) is -0.385. The van der Waals surface area contributed by atoms with Crippen molar-refractivity contribution in [2.75, 3.05) is 0 Å². The van der Waals surface area contributed by atoms with Gasteiger partial charge in [-0.05, 0) is 23.6 Å². The molecule has 0 unspecified atom stereocenters. The largest absolute Gasteiger partial charge is 0.0843 e. The SMILES string of the molecule is [2H]c1c([2H])c(C(C)C)c([2H])c([2H])c1Cl. The number of benzene rings is 1. The summed E-state index contributed by atoms with van der Waals surface area (Å²) in [6.45, 7) is 3.66. The maximum absolute atomic E-state index is 7.63. The van der Waals surface area contributed by atoms with E-state index < -0.39 is 0 Å². The topological polar surface area (TPSA) is 0 Å². The first-order valence-corrected chi connectivity index (χ1v) is 3.51. The monoisotopic (exact) mass is 158 g/mol. The number of rotatable bonds is 1. The molecule has 10 heavy (non-hydrogen) atoms. The first-order valence-electron chi connectivity index (χ1n) is 5.13. The van der Waals surface area contributed by atoms with Crippen molar-refractivity contribution in [2.45, 2.75) is 19.8 Å². The molecule has 0 amide bonds. The van der Waals surface area contributed by atoms with E-state index in [4.69, 9.17) is 17.1 Å². The average molecular weight is 159 g/mol. The first-order chi connectivity index (χ1) is 6.37. The lowest BCUT2D eigenvalue weighted by Gasteiger charge is -2.03. The van der Waals surface area contributed by atoms with Crippen molar-refractivity contribution in [1.82, 2.24) is 0 Å². The standard InChI is InChI=1S/C9H11Cl/c1-7(2)8-3-5-9(10)6-4-8/h3-7H,1-2H3/i3D,4D,5D,6D. The molecule has 0 saturated heterocycles. The van der Waals surface area contributed by atoms with Crippen molar-refractivity contribution in [3.8, 4) is 0 Å². The predicted molar refractivity (Wildman–Crippen MR) is 45.5 cm³/mol. The lowest BCUT2D eigenvalue weighted by atomic mass is 10.0. The van der Waals surface area contributed by atoms with E-state index in [1.54, 1.807) is 0 Å². The minimum atomic E-state index is -0.156. The summed E-state index contributed by atoms with van der Waals surface area (Å²) in [7, 11) is 0. The molecule has 54 valence electrons. The van der Waals surface area contributed by atoms with Gasteiger partial charge >= 0.3 is 0 Å². The van der Waals surface area contributed by atoms with Gasteiger partial charge in [-0.1, -0.05) is 37.5 Å². The molecule has 0 heterocycles. The molecular weight excluding hydrogens is 144 g/mol. The summed E-state index contributed by atoms with van der Waals surface area (Å²) in [5.74, 6) is -0.0412. The van der Waals surface area contributed by atoms with Crippen LogP contribution in [0.5, 0.6) is 0 Å². The fraction of sp³-hybridized carbons (Fsp3) is 0.333. The van der Waals surface area contributed by atoms with Gasteiger partial charge < -0.3 is 0 Å². The number of hydrogen-bond acceptors (Lipinski definition) is 0. The second-order valence-corrected chi connectivity index (χ2v) is 2.76. The molecule has 0 aliphatic carbocycles. The van der Waals surface area contributed by atoms with Crippen LogP contribution in [0.25, 0.3) is 0 Å². The van der Waals surface area contributed by atoms with Crippen molar-refractivity contribution in [1.29, 1.82) is 0 Å². The van der Waals surface area contributed by atoms with Gasteiger partial charge in [0.2, 0.25) is 0 Å². The Morgan fingerprint density at radius 1 is 1.30 bits per heavy atom. The quantitative estimate of drug-likeness (QED) is 0.587. The molecule has 1 aromatic carbocycles. The third-order valence-electron chi connectivity index (χ3n) is 1.19. The summed E-state index contributed by atoms with van der Waals surface area (Å²) in [4.78, 5) is 0. The minimum Gasteiger partial charge on any atom is -0.0843 e. The fourth-order valence-electron chi connectivity index (χ4n) is 0.596. The normalized spacial score (nSPS) is 16.0. The Morgan fingerprint density at radius 3 is 2.20 bits per heavy atom. The van der Waals surface area contributed by atoms with Crippen LogP contribution in [0.4, 0.5) is 0 Å². The Labute approximate surface area is 72.4 Å². The zero-order chi connectivity index (χ0) is 11.0. The molecule has 0 fully saturated rings. The van der Waals surface area contributed by atoms with Crippen LogP contribution in [0.1, 0.15) is 30.8 Å². The molecule has 0 spiro atoms. The van der Waals surface area contributed by atoms with Crippen molar-refractivity contribution in [2.24, 2.45) is 0 Å². The molecule has 1 rings (SSSR count). The summed E-state index contributed by atoms with van der Waals surface area (Å²) < 4.78 is 30.2. The zero-order valence-corrected chi connectivity index (χ0v) is 6.71. The van der Waals surface area contributed by atoms with E-state index in [1.807, 2.05) is 13.8 Å². The second kappa shape index (κ2) is 3.07. The zero-order valence-electron chi connectivity index (χ0n) is 9.96. The Bertz CT molecular complexity index is 345. The van der Waals surface area contributed by atoms with Gasteiger partial charge in [0, 0.05) is 5.02 Å². The summed E-state index contributed by atoms with van der Waals surface area (Å²) >= 11 is 5.65. The van der Waals surface area contributed by atoms with Crippen LogP contribution in [0.15, 0.2) is 24.2 Å². The van der Waals surface area contributed by atoms with Crippen molar-refractivity contribution in [3.05, 3.63) is 34.8 Å². The molecule has 0 radical (unpaired) electrons. The highest BCUT2D eigenvalue weighted by Gasteiger charge is 1.96. The van der Waals surface area contributed by atoms with Crippen molar-refractivity contribution in [3.63, 3.8) is 0 Å². The molecule has 0 saturated carbocycles. The maximum atomic E-state index is 7.63. The van der Waals surface area contributed by atoms with E-state index in [9.17, 15) is 0 Å². The van der Waals surface area contributed by atoms with Gasteiger partial charge in [-0.15, -0.1) is 0 Å². The molecule has 1 aromatic rings. The van der Waals surface area contributed by atoms with Crippen LogP contribution in [0.3, 0.4) is 0 Å². The Balaban J connectivity index is 3.60. The van der Waals surface area contributed by atoms with E-state index >= 15 is 0 Å². The van der Waals surface area contributed by atoms with E-state index in [2.05, 4.69) is 0 Å². The third kappa shape index (κ3) is 1.74. The number of halogens is 1. The predicted octanol–water partition coefficient (Wildman–Crippen LogP) is 3.46. The molecule has 0 bridgehead atoms. The van der Waals surface area contributed by atoms with Gasteiger partial charge in [-0.2, -0.15) is 0 Å². The second-order valence-electron chi connectivity index (χ2n) is 2.38. The highest BCUT2D eigenvalue weighted by atomic mass is 35.5. The highest BCUT2D eigenvalue weighted by Crippen LogP contribution is 2.16. The smallest absolute Gasteiger partial charge is 0.0639 e. The molecule has 0 atom stereocenters. The number of hydrogen-bond donors (Lipinski definition) is 0. The summed E-state index contributed by atoms with van der Waals surface area (Å²) in [5, 5.41) is -0.107. The van der Waals surface area contributed by atoms with Crippen LogP contribution >= 0.6 is 11.6 Å². The van der Waals surface area contributed by atoms with E-state index in [-0.39, 0.29) is 35.1 Å². The molecule has 1 heteroatoms. The highest BCUT2D eigenvalue weighted by molar-refractivity contribution is 6.30. The van der Waals surface area contributed by atoms with Crippen LogP contribution in [0.2, 0.25) is 5.02 Å². The van der Waals surface area contributed by atoms with Crippen molar-refractivity contribution < 1.29 is 5.48 Å². The van der Waals surface area contributed by atoms with E-state index in [0.717, 1.165) is 0 Å². The van der Waals surface area contributed by atoms with Crippen LogP contribution < -0.4 is 0 Å². The average Bonchev–Trinajstić information content (AvgIpc) is 2.11. The Morgan fingerprint density at radius 2 is 1.80 bits per heavy atom. The molecule has 0 N–H and O–H groups in total. The van der Waals surface area contributed by atoms with Crippen molar-refractivity contribution >= 4 is 11.6 Å². The van der Waals surface area contributed by atoms with Gasteiger partial charge in [0.15, 0.2) is 0 Å². The van der Waals surface area contributed by atoms with Gasteiger partial charge in [0.25, 0.3) is 0 Å². The fourth-order valence-corrected chi connectivity index (χ4v) is 0.690. The van der Waals surface area contributed by atoms with Gasteiger partial charge in [0.05, 0.1) is 5.48 Å². The van der Waals surface area contributed by atoms with Crippen LogP contribution in [-0.2, 0) is 0 Å². The Kier molecular flexibility index (Phi) is 1.16. The Hall–Kier alpha value is -0.490. The van der Waals surface area contributed by atoms with E-state index in [1.165, 1.54) is 0 Å². The van der Waals surface area contributed by atoms with Gasteiger partial charge in [0.1, 0.15) is 0 Å². The summed E-state index contributed by atoms with van der Waals surface area (Å²) in [5.41, 5.74) is 0.421. The lowest BCUT2D eigenvalue weighted by Crippen LogP contribution is -1.84. The maximum Gasteiger partial charge on any atom is 0.0639 e. The molecular formula is C9H11Cl. The minimum absolute atomic E-state index is 0.0361. The first kappa shape index (κ1) is 3.77. The molecule has 0 aromatic heterocycles. The van der Waals surface area contributed by atoms with E-state index in [0.29, 0.717) is 5.56 Å². The molecule has 0 nitrogen and oxygen atoms in total. The summed E-state index contributed by atoms with van der Waals surface area (Å²) in [6.07, 6.45) is 0.